The van der Waals surface area contributed by atoms with Gasteiger partial charge in [0.25, 0.3) is 5.56 Å². The summed E-state index contributed by atoms with van der Waals surface area (Å²) >= 11 is 0. The lowest BCUT2D eigenvalue weighted by molar-refractivity contribution is 0.373. The van der Waals surface area contributed by atoms with E-state index in [2.05, 4.69) is 15.5 Å². The minimum atomic E-state index is -0.189. The Morgan fingerprint density at radius 3 is 2.62 bits per heavy atom. The molecule has 2 N–H and O–H groups in total. The molecule has 7 nitrogen and oxygen atoms in total. The number of nitrogens with one attached hydrogen (secondary N) is 1. The van der Waals surface area contributed by atoms with Crippen molar-refractivity contribution in [2.75, 3.05) is 12.5 Å². The van der Waals surface area contributed by atoms with Crippen LogP contribution >= 0.6 is 0 Å². The van der Waals surface area contributed by atoms with Crippen molar-refractivity contribution in [2.24, 2.45) is 5.10 Å². The van der Waals surface area contributed by atoms with E-state index in [1.54, 1.807) is 30.5 Å². The van der Waals surface area contributed by atoms with Crippen LogP contribution in [0.2, 0.25) is 0 Å². The fourth-order valence-electron chi connectivity index (χ4n) is 2.96. The molecule has 4 rings (SSSR count). The van der Waals surface area contributed by atoms with Crippen molar-refractivity contribution in [3.8, 4) is 17.2 Å². The molecule has 0 aliphatic rings. The third-order valence-electron chi connectivity index (χ3n) is 4.37. The minimum Gasteiger partial charge on any atom is -0.504 e. The lowest BCUT2D eigenvalue weighted by Crippen LogP contribution is -2.22. The van der Waals surface area contributed by atoms with Gasteiger partial charge in [-0.3, -0.25) is 4.79 Å². The Morgan fingerprint density at radius 1 is 1.07 bits per heavy atom. The summed E-state index contributed by atoms with van der Waals surface area (Å²) in [5, 5.41) is 14.4. The lowest BCUT2D eigenvalue weighted by atomic mass is 10.2. The van der Waals surface area contributed by atoms with Crippen molar-refractivity contribution < 1.29 is 9.84 Å². The van der Waals surface area contributed by atoms with Crippen molar-refractivity contribution in [3.63, 3.8) is 0 Å². The first-order valence-corrected chi connectivity index (χ1v) is 8.90. The van der Waals surface area contributed by atoms with Crippen LogP contribution in [0.3, 0.4) is 0 Å². The zero-order chi connectivity index (χ0) is 20.2. The molecule has 0 bridgehead atoms. The molecular weight excluding hydrogens is 368 g/mol. The van der Waals surface area contributed by atoms with Crippen LogP contribution in [0.4, 0.5) is 5.95 Å². The van der Waals surface area contributed by atoms with Crippen LogP contribution in [0.5, 0.6) is 11.5 Å². The van der Waals surface area contributed by atoms with Crippen LogP contribution in [0.25, 0.3) is 16.6 Å². The zero-order valence-corrected chi connectivity index (χ0v) is 15.6. The Morgan fingerprint density at radius 2 is 1.83 bits per heavy atom. The second-order valence-electron chi connectivity index (χ2n) is 6.23. The highest BCUT2D eigenvalue weighted by Gasteiger charge is 2.12. The van der Waals surface area contributed by atoms with E-state index in [4.69, 9.17) is 4.74 Å². The van der Waals surface area contributed by atoms with Gasteiger partial charge in [-0.1, -0.05) is 30.3 Å². The van der Waals surface area contributed by atoms with Crippen LogP contribution < -0.4 is 15.7 Å². The number of hydrogen-bond donors (Lipinski definition) is 2. The number of methoxy groups -OCH3 is 1. The number of phenols is 1. The number of para-hydroxylation sites is 2. The minimum absolute atomic E-state index is 0.0479. The van der Waals surface area contributed by atoms with Crippen molar-refractivity contribution >= 4 is 23.1 Å². The van der Waals surface area contributed by atoms with Gasteiger partial charge in [0.15, 0.2) is 11.5 Å². The number of aromatic hydroxyl groups is 1. The molecule has 3 aromatic carbocycles. The highest BCUT2D eigenvalue weighted by atomic mass is 16.5. The van der Waals surface area contributed by atoms with Crippen LogP contribution in [-0.4, -0.2) is 28.0 Å². The number of benzene rings is 3. The molecule has 0 atom stereocenters. The average Bonchev–Trinajstić information content (AvgIpc) is 2.76. The van der Waals surface area contributed by atoms with E-state index in [0.29, 0.717) is 33.9 Å². The molecule has 7 heteroatoms. The van der Waals surface area contributed by atoms with Gasteiger partial charge in [0, 0.05) is 0 Å². The van der Waals surface area contributed by atoms with Gasteiger partial charge < -0.3 is 9.84 Å². The number of aromatic nitrogens is 2. The molecule has 0 aliphatic heterocycles. The molecule has 1 heterocycles. The maximum atomic E-state index is 13.1. The predicted octanol–water partition coefficient (Wildman–Crippen LogP) is 3.55. The summed E-state index contributed by atoms with van der Waals surface area (Å²) in [5.41, 5.74) is 4.64. The molecule has 144 valence electrons. The summed E-state index contributed by atoms with van der Waals surface area (Å²) in [7, 11) is 1.48. The van der Waals surface area contributed by atoms with Gasteiger partial charge in [-0.15, -0.1) is 0 Å². The van der Waals surface area contributed by atoms with Gasteiger partial charge in [-0.25, -0.2) is 15.0 Å². The number of fused-ring (bicyclic) bond motifs is 1. The molecule has 29 heavy (non-hydrogen) atoms. The molecule has 0 aliphatic carbocycles. The Bertz CT molecular complexity index is 1250. The average molecular weight is 386 g/mol. The SMILES string of the molecule is COc1cc(C=NNc2nc3ccccc3c(=O)n2-c2ccccc2)ccc1O. The molecule has 0 saturated carbocycles. The second kappa shape index (κ2) is 7.85. The Hall–Kier alpha value is -4.13. The zero-order valence-electron chi connectivity index (χ0n) is 15.6. The van der Waals surface area contributed by atoms with Crippen molar-refractivity contribution in [1.82, 2.24) is 9.55 Å². The highest BCUT2D eigenvalue weighted by Crippen LogP contribution is 2.25. The van der Waals surface area contributed by atoms with E-state index in [1.165, 1.54) is 17.7 Å². The van der Waals surface area contributed by atoms with E-state index in [0.717, 1.165) is 0 Å². The second-order valence-corrected chi connectivity index (χ2v) is 6.23. The standard InChI is InChI=1S/C22H18N4O3/c1-29-20-13-15(11-12-19(20)27)14-23-25-22-24-18-10-6-5-9-17(18)21(28)26(22)16-7-3-2-4-8-16/h2-14,27H,1H3,(H,24,25). The van der Waals surface area contributed by atoms with Gasteiger partial charge in [-0.2, -0.15) is 5.10 Å². The van der Waals surface area contributed by atoms with E-state index in [-0.39, 0.29) is 11.3 Å². The van der Waals surface area contributed by atoms with Gasteiger partial charge in [0.05, 0.1) is 29.9 Å². The molecule has 4 aromatic rings. The molecule has 0 radical (unpaired) electrons. The van der Waals surface area contributed by atoms with E-state index in [9.17, 15) is 9.90 Å². The van der Waals surface area contributed by atoms with Crippen LogP contribution in [-0.2, 0) is 0 Å². The maximum absolute atomic E-state index is 13.1. The molecule has 0 saturated heterocycles. The van der Waals surface area contributed by atoms with Crippen LogP contribution in [0.1, 0.15) is 5.56 Å². The number of anilines is 1. The van der Waals surface area contributed by atoms with Crippen molar-refractivity contribution in [2.45, 2.75) is 0 Å². The highest BCUT2D eigenvalue weighted by molar-refractivity contribution is 5.82. The first-order chi connectivity index (χ1) is 14.2. The fourth-order valence-corrected chi connectivity index (χ4v) is 2.96. The monoisotopic (exact) mass is 386 g/mol. The molecule has 0 fully saturated rings. The lowest BCUT2D eigenvalue weighted by Gasteiger charge is -2.12. The summed E-state index contributed by atoms with van der Waals surface area (Å²) in [4.78, 5) is 17.7. The summed E-state index contributed by atoms with van der Waals surface area (Å²) in [6, 6.07) is 21.3. The largest absolute Gasteiger partial charge is 0.504 e. The van der Waals surface area contributed by atoms with E-state index >= 15 is 0 Å². The Kier molecular flexibility index (Phi) is 4.94. The molecule has 0 amide bonds. The van der Waals surface area contributed by atoms with Crippen LogP contribution in [0.15, 0.2) is 82.7 Å². The van der Waals surface area contributed by atoms with Crippen molar-refractivity contribution in [1.29, 1.82) is 0 Å². The fraction of sp³-hybridized carbons (Fsp3) is 0.0455. The topological polar surface area (TPSA) is 88.7 Å². The number of hydrogen-bond acceptors (Lipinski definition) is 6. The van der Waals surface area contributed by atoms with E-state index < -0.39 is 0 Å². The summed E-state index contributed by atoms with van der Waals surface area (Å²) < 4.78 is 6.58. The van der Waals surface area contributed by atoms with Crippen LogP contribution in [0, 0.1) is 0 Å². The normalized spacial score (nSPS) is 11.1. The molecule has 0 unspecified atom stereocenters. The first kappa shape index (κ1) is 18.2. The van der Waals surface area contributed by atoms with Crippen molar-refractivity contribution in [3.05, 3.63) is 88.7 Å². The smallest absolute Gasteiger partial charge is 0.267 e. The molecular formula is C22H18N4O3. The number of phenolic OH excluding ortho intramolecular Hbond substituents is 1. The Labute approximate surface area is 166 Å². The number of hydrazone groups is 1. The quantitative estimate of drug-likeness (QED) is 0.405. The number of nitrogens with zero attached hydrogens (tertiary/aromatic N) is 3. The van der Waals surface area contributed by atoms with Gasteiger partial charge in [0.2, 0.25) is 5.95 Å². The maximum Gasteiger partial charge on any atom is 0.267 e. The van der Waals surface area contributed by atoms with Gasteiger partial charge >= 0.3 is 0 Å². The summed E-state index contributed by atoms with van der Waals surface area (Å²) in [5.74, 6) is 0.688. The number of ether oxygens (including phenoxy) is 1. The molecule has 0 spiro atoms. The Balaban J connectivity index is 1.76. The van der Waals surface area contributed by atoms with E-state index in [1.807, 2.05) is 42.5 Å². The molecule has 1 aromatic heterocycles. The predicted molar refractivity (Wildman–Crippen MR) is 113 cm³/mol. The van der Waals surface area contributed by atoms with Gasteiger partial charge in [-0.05, 0) is 48.0 Å². The first-order valence-electron chi connectivity index (χ1n) is 8.90. The third kappa shape index (κ3) is 3.66. The summed E-state index contributed by atoms with van der Waals surface area (Å²) in [6.45, 7) is 0. The van der Waals surface area contributed by atoms with Gasteiger partial charge in [0.1, 0.15) is 0 Å². The third-order valence-corrected chi connectivity index (χ3v) is 4.37. The summed E-state index contributed by atoms with van der Waals surface area (Å²) in [6.07, 6.45) is 1.55. The number of rotatable bonds is 5.